The molecule has 0 aromatic heterocycles. The monoisotopic (exact) mass is 355 g/mol. The number of carbonyl (C=O) groups is 1. The van der Waals surface area contributed by atoms with E-state index >= 15 is 0 Å². The Hall–Kier alpha value is -1.07. The molecule has 0 aliphatic carbocycles. The quantitative estimate of drug-likeness (QED) is 0.875. The van der Waals surface area contributed by atoms with E-state index in [1.165, 1.54) is 0 Å². The molecule has 1 amide bonds. The lowest BCUT2D eigenvalue weighted by Crippen LogP contribution is -2.42. The molecule has 1 aromatic rings. The van der Waals surface area contributed by atoms with Gasteiger partial charge in [-0.25, -0.2) is 4.79 Å². The molecule has 1 aliphatic heterocycles. The summed E-state index contributed by atoms with van der Waals surface area (Å²) in [5.41, 5.74) is 0.278. The van der Waals surface area contributed by atoms with Gasteiger partial charge in [0, 0.05) is 11.0 Å². The molecule has 1 aromatic carbocycles. The summed E-state index contributed by atoms with van der Waals surface area (Å²) in [4.78, 5) is 13.9. The summed E-state index contributed by atoms with van der Waals surface area (Å²) in [7, 11) is 0. The van der Waals surface area contributed by atoms with Crippen LogP contribution in [0.5, 0.6) is 0 Å². The van der Waals surface area contributed by atoms with Crippen molar-refractivity contribution in [1.82, 2.24) is 4.90 Å². The Morgan fingerprint density at radius 2 is 2.10 bits per heavy atom. The van der Waals surface area contributed by atoms with Crippen molar-refractivity contribution in [2.75, 3.05) is 6.54 Å². The molecule has 1 N–H and O–H groups in total. The van der Waals surface area contributed by atoms with E-state index in [1.807, 2.05) is 45.0 Å². The zero-order valence-corrected chi connectivity index (χ0v) is 14.3. The van der Waals surface area contributed by atoms with E-state index in [4.69, 9.17) is 4.74 Å². The number of hydrogen-bond donors (Lipinski definition) is 1. The van der Waals surface area contributed by atoms with Crippen molar-refractivity contribution in [3.05, 3.63) is 34.3 Å². The van der Waals surface area contributed by atoms with Gasteiger partial charge in [-0.05, 0) is 45.2 Å². The molecule has 116 valence electrons. The second-order valence-corrected chi connectivity index (χ2v) is 7.20. The van der Waals surface area contributed by atoms with Gasteiger partial charge in [0.05, 0.1) is 6.04 Å². The predicted molar refractivity (Wildman–Crippen MR) is 85.1 cm³/mol. The Kier molecular flexibility index (Phi) is 4.94. The highest BCUT2D eigenvalue weighted by Gasteiger charge is 2.37. The van der Waals surface area contributed by atoms with Gasteiger partial charge >= 0.3 is 6.09 Å². The maximum absolute atomic E-state index is 12.3. The fourth-order valence-electron chi connectivity index (χ4n) is 2.59. The van der Waals surface area contributed by atoms with Crippen LogP contribution in [0.4, 0.5) is 4.79 Å². The molecular formula is C16H22BrNO3. The molecule has 1 saturated heterocycles. The summed E-state index contributed by atoms with van der Waals surface area (Å²) in [6.45, 7) is 6.17. The summed E-state index contributed by atoms with van der Waals surface area (Å²) in [6.07, 6.45) is 0.597. The molecule has 21 heavy (non-hydrogen) atoms. The average molecular weight is 356 g/mol. The van der Waals surface area contributed by atoms with Crippen LogP contribution in [0.15, 0.2) is 28.7 Å². The third-order valence-corrected chi connectivity index (χ3v) is 4.24. The third-order valence-electron chi connectivity index (χ3n) is 3.52. The zero-order chi connectivity index (χ0) is 15.6. The molecule has 0 radical (unpaired) electrons. The molecule has 5 heteroatoms. The number of hydrogen-bond acceptors (Lipinski definition) is 3. The van der Waals surface area contributed by atoms with Crippen LogP contribution >= 0.6 is 15.9 Å². The standard InChI is InChI=1S/C16H22BrNO3/c1-16(2,3)21-15(20)18-10-6-9-13(18)14(19)11-7-4-5-8-12(11)17/h4-5,7-8,13-14,19H,6,9-10H2,1-3H3. The summed E-state index contributed by atoms with van der Waals surface area (Å²) in [6, 6.07) is 7.32. The van der Waals surface area contributed by atoms with E-state index in [-0.39, 0.29) is 12.1 Å². The van der Waals surface area contributed by atoms with Crippen molar-refractivity contribution < 1.29 is 14.6 Å². The fourth-order valence-corrected chi connectivity index (χ4v) is 3.11. The van der Waals surface area contributed by atoms with Gasteiger partial charge in [-0.15, -0.1) is 0 Å². The van der Waals surface area contributed by atoms with Crippen LogP contribution in [-0.4, -0.2) is 34.3 Å². The first kappa shape index (κ1) is 16.3. The van der Waals surface area contributed by atoms with Gasteiger partial charge in [-0.1, -0.05) is 34.1 Å². The molecule has 1 aliphatic rings. The molecule has 0 spiro atoms. The summed E-state index contributed by atoms with van der Waals surface area (Å²) >= 11 is 3.46. The van der Waals surface area contributed by atoms with Crippen molar-refractivity contribution in [3.8, 4) is 0 Å². The molecule has 2 unspecified atom stereocenters. The predicted octanol–water partition coefficient (Wildman–Crippen LogP) is 3.88. The minimum absolute atomic E-state index is 0.237. The number of nitrogens with zero attached hydrogens (tertiary/aromatic N) is 1. The lowest BCUT2D eigenvalue weighted by Gasteiger charge is -2.31. The van der Waals surface area contributed by atoms with Crippen LogP contribution in [-0.2, 0) is 4.74 Å². The first-order chi connectivity index (χ1) is 9.79. The normalized spacial score (nSPS) is 20.4. The van der Waals surface area contributed by atoms with E-state index in [9.17, 15) is 9.90 Å². The van der Waals surface area contributed by atoms with Gasteiger partial charge in [-0.2, -0.15) is 0 Å². The SMILES string of the molecule is CC(C)(C)OC(=O)N1CCCC1C(O)c1ccccc1Br. The van der Waals surface area contributed by atoms with Gasteiger partial charge in [-0.3, -0.25) is 0 Å². The number of carbonyl (C=O) groups excluding carboxylic acids is 1. The first-order valence-corrected chi connectivity index (χ1v) is 8.01. The number of ether oxygens (including phenoxy) is 1. The molecule has 4 nitrogen and oxygen atoms in total. The van der Waals surface area contributed by atoms with Gasteiger partial charge in [0.15, 0.2) is 0 Å². The molecule has 1 heterocycles. The van der Waals surface area contributed by atoms with E-state index in [2.05, 4.69) is 15.9 Å². The Morgan fingerprint density at radius 1 is 1.43 bits per heavy atom. The Bertz CT molecular complexity index is 512. The number of aliphatic hydroxyl groups is 1. The molecule has 0 saturated carbocycles. The summed E-state index contributed by atoms with van der Waals surface area (Å²) in [5.74, 6) is 0. The van der Waals surface area contributed by atoms with Crippen LogP contribution in [0, 0.1) is 0 Å². The number of amides is 1. The molecule has 2 atom stereocenters. The molecule has 0 bridgehead atoms. The maximum Gasteiger partial charge on any atom is 0.410 e. The van der Waals surface area contributed by atoms with Crippen molar-refractivity contribution in [2.24, 2.45) is 0 Å². The highest BCUT2D eigenvalue weighted by Crippen LogP contribution is 2.33. The van der Waals surface area contributed by atoms with Crippen molar-refractivity contribution in [1.29, 1.82) is 0 Å². The Labute approximate surface area is 134 Å². The van der Waals surface area contributed by atoms with Gasteiger partial charge in [0.1, 0.15) is 11.7 Å². The number of rotatable bonds is 2. The molecule has 2 rings (SSSR count). The smallest absolute Gasteiger partial charge is 0.410 e. The summed E-state index contributed by atoms with van der Waals surface area (Å²) < 4.78 is 6.29. The second kappa shape index (κ2) is 6.36. The summed E-state index contributed by atoms with van der Waals surface area (Å²) in [5, 5.41) is 10.6. The van der Waals surface area contributed by atoms with Crippen LogP contribution < -0.4 is 0 Å². The number of aliphatic hydroxyl groups excluding tert-OH is 1. The van der Waals surface area contributed by atoms with Gasteiger partial charge in [0.2, 0.25) is 0 Å². The van der Waals surface area contributed by atoms with Crippen LogP contribution in [0.25, 0.3) is 0 Å². The minimum atomic E-state index is -0.712. The first-order valence-electron chi connectivity index (χ1n) is 7.22. The van der Waals surface area contributed by atoms with E-state index in [1.54, 1.807) is 4.90 Å². The molecular weight excluding hydrogens is 334 g/mol. The number of likely N-dealkylation sites (tertiary alicyclic amines) is 1. The number of benzene rings is 1. The van der Waals surface area contributed by atoms with Crippen LogP contribution in [0.3, 0.4) is 0 Å². The van der Waals surface area contributed by atoms with Crippen molar-refractivity contribution >= 4 is 22.0 Å². The fraction of sp³-hybridized carbons (Fsp3) is 0.562. The van der Waals surface area contributed by atoms with Crippen molar-refractivity contribution in [3.63, 3.8) is 0 Å². The highest BCUT2D eigenvalue weighted by molar-refractivity contribution is 9.10. The Morgan fingerprint density at radius 3 is 2.71 bits per heavy atom. The minimum Gasteiger partial charge on any atom is -0.444 e. The zero-order valence-electron chi connectivity index (χ0n) is 12.7. The van der Waals surface area contributed by atoms with E-state index < -0.39 is 11.7 Å². The Balaban J connectivity index is 2.15. The van der Waals surface area contributed by atoms with E-state index in [0.717, 1.165) is 22.9 Å². The highest BCUT2D eigenvalue weighted by atomic mass is 79.9. The second-order valence-electron chi connectivity index (χ2n) is 6.35. The van der Waals surface area contributed by atoms with Crippen molar-refractivity contribution in [2.45, 2.75) is 51.4 Å². The lowest BCUT2D eigenvalue weighted by molar-refractivity contribution is 0.00479. The van der Waals surface area contributed by atoms with Gasteiger partial charge < -0.3 is 14.7 Å². The lowest BCUT2D eigenvalue weighted by atomic mass is 10.0. The van der Waals surface area contributed by atoms with E-state index in [0.29, 0.717) is 6.54 Å². The average Bonchev–Trinajstić information content (AvgIpc) is 2.85. The van der Waals surface area contributed by atoms with Gasteiger partial charge in [0.25, 0.3) is 0 Å². The maximum atomic E-state index is 12.3. The third kappa shape index (κ3) is 3.98. The van der Waals surface area contributed by atoms with Crippen LogP contribution in [0.2, 0.25) is 0 Å². The topological polar surface area (TPSA) is 49.8 Å². The largest absolute Gasteiger partial charge is 0.444 e. The van der Waals surface area contributed by atoms with Crippen LogP contribution in [0.1, 0.15) is 45.3 Å². The number of halogens is 1. The molecule has 1 fully saturated rings.